The Morgan fingerprint density at radius 2 is 1.77 bits per heavy atom. The summed E-state index contributed by atoms with van der Waals surface area (Å²) in [4.78, 5) is 22.3. The molecule has 2 heterocycles. The second-order valence-electron chi connectivity index (χ2n) is 7.30. The number of hydrogen-bond donors (Lipinski definition) is 0. The van der Waals surface area contributed by atoms with Crippen LogP contribution in [0.25, 0.3) is 0 Å². The number of nitrogens with zero attached hydrogens (tertiary/aromatic N) is 3. The first-order valence-corrected chi connectivity index (χ1v) is 10.6. The van der Waals surface area contributed by atoms with E-state index in [9.17, 15) is 4.79 Å². The van der Waals surface area contributed by atoms with Gasteiger partial charge in [0.2, 0.25) is 0 Å². The van der Waals surface area contributed by atoms with Gasteiger partial charge in [0.1, 0.15) is 5.75 Å². The Bertz CT molecular complexity index is 999. The second-order valence-corrected chi connectivity index (χ2v) is 7.69. The highest BCUT2D eigenvalue weighted by molar-refractivity contribution is 7.82. The third-order valence-electron chi connectivity index (χ3n) is 5.30. The topological polar surface area (TPSA) is 54.4 Å². The monoisotopic (exact) mass is 423 g/mol. The minimum absolute atomic E-state index is 0.394. The molecule has 7 heteroatoms. The van der Waals surface area contributed by atoms with E-state index in [1.807, 2.05) is 47.4 Å². The summed E-state index contributed by atoms with van der Waals surface area (Å²) in [5.74, 6) is -0.293. The maximum atomic E-state index is 12.7. The molecule has 0 fully saturated rings. The number of rotatable bonds is 6. The number of esters is 1. The summed E-state index contributed by atoms with van der Waals surface area (Å²) >= 11 is 5.92. The number of amidine groups is 1. The first-order valence-electron chi connectivity index (χ1n) is 10.2. The predicted molar refractivity (Wildman–Crippen MR) is 121 cm³/mol. The fourth-order valence-corrected chi connectivity index (χ4v) is 4.41. The lowest BCUT2D eigenvalue weighted by Crippen LogP contribution is -2.46. The van der Waals surface area contributed by atoms with Crippen LogP contribution in [-0.4, -0.2) is 41.9 Å². The SMILES string of the molecule is CCCN(CCC)C1=NC2(OC(=O)c3ccccc32)N(c2ccc(OC)cc2)C1=S. The van der Waals surface area contributed by atoms with Gasteiger partial charge < -0.3 is 14.4 Å². The second kappa shape index (κ2) is 8.07. The summed E-state index contributed by atoms with van der Waals surface area (Å²) in [5.41, 5.74) is 2.01. The maximum absolute atomic E-state index is 12.7. The van der Waals surface area contributed by atoms with Crippen molar-refractivity contribution < 1.29 is 14.3 Å². The molecule has 2 aromatic rings. The van der Waals surface area contributed by atoms with Gasteiger partial charge in [-0.25, -0.2) is 4.79 Å². The average Bonchev–Trinajstić information content (AvgIpc) is 3.21. The standard InChI is InChI=1S/C23H25N3O3S/c1-4-14-25(15-5-2)20-21(30)26(16-10-12-17(28-3)13-11-16)23(24-20)19-9-7-6-8-18(19)22(27)29-23/h6-13H,4-5,14-15H2,1-3H3. The van der Waals surface area contributed by atoms with Crippen molar-refractivity contribution in [1.29, 1.82) is 0 Å². The van der Waals surface area contributed by atoms with Gasteiger partial charge in [0, 0.05) is 18.8 Å². The molecule has 30 heavy (non-hydrogen) atoms. The van der Waals surface area contributed by atoms with Gasteiger partial charge >= 0.3 is 11.8 Å². The number of carbonyl (C=O) groups excluding carboxylic acids is 1. The van der Waals surface area contributed by atoms with Crippen LogP contribution in [0.15, 0.2) is 53.5 Å². The van der Waals surface area contributed by atoms with Crippen molar-refractivity contribution in [2.45, 2.75) is 32.5 Å². The summed E-state index contributed by atoms with van der Waals surface area (Å²) in [7, 11) is 1.63. The van der Waals surface area contributed by atoms with Gasteiger partial charge in [-0.2, -0.15) is 4.99 Å². The maximum Gasteiger partial charge on any atom is 0.342 e. The predicted octanol–water partition coefficient (Wildman–Crippen LogP) is 4.34. The van der Waals surface area contributed by atoms with Crippen molar-refractivity contribution in [3.63, 3.8) is 0 Å². The first-order chi connectivity index (χ1) is 14.6. The van der Waals surface area contributed by atoms with Crippen molar-refractivity contribution in [2.24, 2.45) is 4.99 Å². The summed E-state index contributed by atoms with van der Waals surface area (Å²) < 4.78 is 11.3. The van der Waals surface area contributed by atoms with E-state index in [2.05, 4.69) is 18.7 Å². The van der Waals surface area contributed by atoms with Gasteiger partial charge in [0.15, 0.2) is 10.8 Å². The number of methoxy groups -OCH3 is 1. The largest absolute Gasteiger partial charge is 0.497 e. The average molecular weight is 424 g/mol. The Kier molecular flexibility index (Phi) is 5.47. The van der Waals surface area contributed by atoms with Crippen LogP contribution in [0.2, 0.25) is 0 Å². The molecule has 0 radical (unpaired) electrons. The number of anilines is 1. The zero-order chi connectivity index (χ0) is 21.3. The van der Waals surface area contributed by atoms with Gasteiger partial charge in [-0.05, 0) is 49.2 Å². The normalized spacial score (nSPS) is 19.7. The minimum atomic E-state index is -1.32. The number of benzene rings is 2. The van der Waals surface area contributed by atoms with Crippen molar-refractivity contribution in [3.05, 3.63) is 59.7 Å². The Labute approximate surface area is 182 Å². The first kappa shape index (κ1) is 20.3. The molecule has 0 N–H and O–H groups in total. The van der Waals surface area contributed by atoms with E-state index in [-0.39, 0.29) is 0 Å². The van der Waals surface area contributed by atoms with Crippen molar-refractivity contribution in [2.75, 3.05) is 25.1 Å². The van der Waals surface area contributed by atoms with Crippen LogP contribution >= 0.6 is 12.2 Å². The third-order valence-corrected chi connectivity index (χ3v) is 5.67. The van der Waals surface area contributed by atoms with Crippen LogP contribution in [0.4, 0.5) is 5.69 Å². The minimum Gasteiger partial charge on any atom is -0.497 e. The number of hydrogen-bond acceptors (Lipinski definition) is 6. The lowest BCUT2D eigenvalue weighted by molar-refractivity contribution is 0.00266. The number of carbonyl (C=O) groups is 1. The molecule has 0 bridgehead atoms. The van der Waals surface area contributed by atoms with Crippen molar-refractivity contribution >= 4 is 34.7 Å². The van der Waals surface area contributed by atoms with Crippen LogP contribution in [0.1, 0.15) is 42.6 Å². The number of aliphatic imine (C=N–C) groups is 1. The van der Waals surface area contributed by atoms with Crippen molar-refractivity contribution in [1.82, 2.24) is 4.90 Å². The van der Waals surface area contributed by atoms with Crippen LogP contribution in [0, 0.1) is 0 Å². The molecule has 2 aliphatic rings. The summed E-state index contributed by atoms with van der Waals surface area (Å²) in [5, 5.41) is 0. The molecule has 156 valence electrons. The van der Waals surface area contributed by atoms with Crippen LogP contribution in [0.5, 0.6) is 5.75 Å². The highest BCUT2D eigenvalue weighted by Gasteiger charge is 2.57. The van der Waals surface area contributed by atoms with E-state index in [0.29, 0.717) is 22.0 Å². The van der Waals surface area contributed by atoms with Gasteiger partial charge in [0.25, 0.3) is 0 Å². The van der Waals surface area contributed by atoms with E-state index in [4.69, 9.17) is 26.7 Å². The zero-order valence-corrected chi connectivity index (χ0v) is 18.2. The lowest BCUT2D eigenvalue weighted by Gasteiger charge is -2.33. The third kappa shape index (κ3) is 3.13. The fraction of sp³-hybridized carbons (Fsp3) is 0.348. The number of fused-ring (bicyclic) bond motifs is 2. The number of thiocarbonyl (C=S) groups is 1. The van der Waals surface area contributed by atoms with E-state index in [1.54, 1.807) is 13.2 Å². The zero-order valence-electron chi connectivity index (χ0n) is 17.4. The van der Waals surface area contributed by atoms with Crippen LogP contribution in [-0.2, 0) is 10.6 Å². The van der Waals surface area contributed by atoms with Gasteiger partial charge in [-0.1, -0.05) is 38.2 Å². The molecular weight excluding hydrogens is 398 g/mol. The molecule has 6 nitrogen and oxygen atoms in total. The van der Waals surface area contributed by atoms with E-state index in [1.165, 1.54) is 0 Å². The van der Waals surface area contributed by atoms with Crippen LogP contribution < -0.4 is 9.64 Å². The molecule has 0 saturated heterocycles. The molecule has 1 atom stereocenters. The molecule has 1 spiro atoms. The molecule has 0 aromatic heterocycles. The fourth-order valence-electron chi connectivity index (χ4n) is 4.01. The Hall–Kier alpha value is -2.93. The Morgan fingerprint density at radius 1 is 1.10 bits per heavy atom. The molecule has 0 aliphatic carbocycles. The highest BCUT2D eigenvalue weighted by Crippen LogP contribution is 2.46. The summed E-state index contributed by atoms with van der Waals surface area (Å²) in [6, 6.07) is 14.9. The molecule has 4 rings (SSSR count). The molecule has 2 aromatic carbocycles. The smallest absolute Gasteiger partial charge is 0.342 e. The van der Waals surface area contributed by atoms with E-state index < -0.39 is 11.8 Å². The molecule has 0 amide bonds. The highest BCUT2D eigenvalue weighted by atomic mass is 32.1. The molecular formula is C23H25N3O3S. The molecule has 2 aliphatic heterocycles. The summed E-state index contributed by atoms with van der Waals surface area (Å²) in [6.07, 6.45) is 1.93. The lowest BCUT2D eigenvalue weighted by atomic mass is 10.0. The summed E-state index contributed by atoms with van der Waals surface area (Å²) in [6.45, 7) is 5.91. The quantitative estimate of drug-likeness (QED) is 0.509. The number of ether oxygens (including phenoxy) is 2. The Morgan fingerprint density at radius 3 is 2.40 bits per heavy atom. The van der Waals surface area contributed by atoms with Gasteiger partial charge in [-0.15, -0.1) is 0 Å². The van der Waals surface area contributed by atoms with Gasteiger partial charge in [0.05, 0.1) is 18.2 Å². The van der Waals surface area contributed by atoms with Crippen molar-refractivity contribution in [3.8, 4) is 5.75 Å². The van der Waals surface area contributed by atoms with E-state index >= 15 is 0 Å². The van der Waals surface area contributed by atoms with Crippen LogP contribution in [0.3, 0.4) is 0 Å². The molecule has 0 saturated carbocycles. The molecule has 1 unspecified atom stereocenters. The Balaban J connectivity index is 1.88. The van der Waals surface area contributed by atoms with E-state index in [0.717, 1.165) is 37.4 Å². The van der Waals surface area contributed by atoms with Gasteiger partial charge in [-0.3, -0.25) is 4.90 Å².